The van der Waals surface area contributed by atoms with E-state index in [0.717, 1.165) is 6.42 Å². The molecule has 0 aromatic rings. The van der Waals surface area contributed by atoms with E-state index in [9.17, 15) is 0 Å². The predicted molar refractivity (Wildman–Crippen MR) is 48.4 cm³/mol. The van der Waals surface area contributed by atoms with Gasteiger partial charge in [0.05, 0.1) is 6.07 Å². The van der Waals surface area contributed by atoms with Crippen LogP contribution in [-0.4, -0.2) is 0 Å². The van der Waals surface area contributed by atoms with E-state index in [2.05, 4.69) is 19.9 Å². The SMILES string of the molecule is C[C@@]12CC[C@]1(C)C[C@H](CC#N)C2. The van der Waals surface area contributed by atoms with E-state index in [1.165, 1.54) is 25.7 Å². The van der Waals surface area contributed by atoms with Gasteiger partial charge in [-0.05, 0) is 42.4 Å². The minimum atomic E-state index is 0.592. The number of hydrogen-bond acceptors (Lipinski definition) is 1. The van der Waals surface area contributed by atoms with Gasteiger partial charge in [0.1, 0.15) is 0 Å². The van der Waals surface area contributed by atoms with Crippen LogP contribution in [0.25, 0.3) is 0 Å². The Bertz CT molecular complexity index is 222. The van der Waals surface area contributed by atoms with Gasteiger partial charge in [0.15, 0.2) is 0 Å². The molecular weight excluding hydrogens is 146 g/mol. The first-order valence-electron chi connectivity index (χ1n) is 4.97. The van der Waals surface area contributed by atoms with E-state index >= 15 is 0 Å². The Morgan fingerprint density at radius 3 is 2.08 bits per heavy atom. The second-order valence-corrected chi connectivity index (χ2v) is 5.26. The highest BCUT2D eigenvalue weighted by molar-refractivity contribution is 5.09. The van der Waals surface area contributed by atoms with E-state index in [1.807, 2.05) is 0 Å². The number of rotatable bonds is 1. The molecular formula is C11H17N. The molecule has 0 aromatic carbocycles. The third kappa shape index (κ3) is 0.843. The zero-order valence-corrected chi connectivity index (χ0v) is 8.06. The van der Waals surface area contributed by atoms with Gasteiger partial charge in [0, 0.05) is 6.42 Å². The summed E-state index contributed by atoms with van der Waals surface area (Å²) in [5, 5.41) is 8.64. The van der Waals surface area contributed by atoms with Crippen LogP contribution in [0.3, 0.4) is 0 Å². The average molecular weight is 163 g/mol. The smallest absolute Gasteiger partial charge is 0.0624 e. The second-order valence-electron chi connectivity index (χ2n) is 5.26. The molecule has 0 radical (unpaired) electrons. The molecule has 1 heteroatoms. The van der Waals surface area contributed by atoms with Gasteiger partial charge in [-0.15, -0.1) is 0 Å². The fraction of sp³-hybridized carbons (Fsp3) is 0.909. The van der Waals surface area contributed by atoms with Gasteiger partial charge in [-0.25, -0.2) is 0 Å². The fourth-order valence-electron chi connectivity index (χ4n) is 3.30. The largest absolute Gasteiger partial charge is 0.198 e. The van der Waals surface area contributed by atoms with Crippen molar-refractivity contribution in [1.29, 1.82) is 5.26 Å². The summed E-state index contributed by atoms with van der Waals surface area (Å²) >= 11 is 0. The number of fused-ring (bicyclic) bond motifs is 1. The van der Waals surface area contributed by atoms with Gasteiger partial charge < -0.3 is 0 Å². The molecule has 3 atom stereocenters. The summed E-state index contributed by atoms with van der Waals surface area (Å²) in [6.45, 7) is 4.82. The first-order valence-corrected chi connectivity index (χ1v) is 4.97. The van der Waals surface area contributed by atoms with Crippen LogP contribution in [0, 0.1) is 28.1 Å². The summed E-state index contributed by atoms with van der Waals surface area (Å²) in [5.74, 6) is 0.701. The van der Waals surface area contributed by atoms with Crippen molar-refractivity contribution in [3.8, 4) is 6.07 Å². The molecule has 2 rings (SSSR count). The van der Waals surface area contributed by atoms with Gasteiger partial charge >= 0.3 is 0 Å². The van der Waals surface area contributed by atoms with E-state index in [4.69, 9.17) is 5.26 Å². The summed E-state index contributed by atoms with van der Waals surface area (Å²) < 4.78 is 0. The number of nitriles is 1. The highest BCUT2D eigenvalue weighted by atomic mass is 14.6. The van der Waals surface area contributed by atoms with Crippen LogP contribution < -0.4 is 0 Å². The van der Waals surface area contributed by atoms with Crippen LogP contribution in [0.5, 0.6) is 0 Å². The van der Waals surface area contributed by atoms with Crippen molar-refractivity contribution < 1.29 is 0 Å². The van der Waals surface area contributed by atoms with E-state index in [0.29, 0.717) is 16.7 Å². The quantitative estimate of drug-likeness (QED) is 0.582. The minimum Gasteiger partial charge on any atom is -0.198 e. The molecule has 66 valence electrons. The van der Waals surface area contributed by atoms with Crippen LogP contribution in [0.1, 0.15) is 46.0 Å². The Morgan fingerprint density at radius 1 is 1.25 bits per heavy atom. The molecule has 0 bridgehead atoms. The van der Waals surface area contributed by atoms with E-state index < -0.39 is 0 Å². The van der Waals surface area contributed by atoms with Crippen LogP contribution >= 0.6 is 0 Å². The lowest BCUT2D eigenvalue weighted by atomic mass is 9.53. The Kier molecular flexibility index (Phi) is 1.52. The first kappa shape index (κ1) is 8.10. The van der Waals surface area contributed by atoms with Gasteiger partial charge in [-0.2, -0.15) is 5.26 Å². The first-order chi connectivity index (χ1) is 5.60. The summed E-state index contributed by atoms with van der Waals surface area (Å²) in [7, 11) is 0. The third-order valence-electron chi connectivity index (χ3n) is 4.54. The Morgan fingerprint density at radius 2 is 1.75 bits per heavy atom. The van der Waals surface area contributed by atoms with Gasteiger partial charge in [0.2, 0.25) is 0 Å². The predicted octanol–water partition coefficient (Wildman–Crippen LogP) is 3.12. The Balaban J connectivity index is 2.09. The molecule has 0 unspecified atom stereocenters. The zero-order chi connectivity index (χ0) is 8.82. The van der Waals surface area contributed by atoms with Gasteiger partial charge in [-0.3, -0.25) is 0 Å². The van der Waals surface area contributed by atoms with Crippen molar-refractivity contribution in [2.45, 2.75) is 46.0 Å². The van der Waals surface area contributed by atoms with Crippen LogP contribution in [0.15, 0.2) is 0 Å². The third-order valence-corrected chi connectivity index (χ3v) is 4.54. The lowest BCUT2D eigenvalue weighted by Gasteiger charge is -2.52. The van der Waals surface area contributed by atoms with Gasteiger partial charge in [0.25, 0.3) is 0 Å². The topological polar surface area (TPSA) is 23.8 Å². The Labute approximate surface area is 74.8 Å². The van der Waals surface area contributed by atoms with Crippen LogP contribution in [-0.2, 0) is 0 Å². The van der Waals surface area contributed by atoms with E-state index in [1.54, 1.807) is 0 Å². The summed E-state index contributed by atoms with van der Waals surface area (Å²) in [4.78, 5) is 0. The molecule has 1 nitrogen and oxygen atoms in total. The van der Waals surface area contributed by atoms with Gasteiger partial charge in [-0.1, -0.05) is 13.8 Å². The molecule has 0 aromatic heterocycles. The maximum atomic E-state index is 8.64. The monoisotopic (exact) mass is 163 g/mol. The number of nitrogens with zero attached hydrogens (tertiary/aromatic N) is 1. The fourth-order valence-corrected chi connectivity index (χ4v) is 3.30. The summed E-state index contributed by atoms with van der Waals surface area (Å²) in [6.07, 6.45) is 6.18. The zero-order valence-electron chi connectivity index (χ0n) is 8.06. The lowest BCUT2D eigenvalue weighted by molar-refractivity contribution is -0.0164. The number of hydrogen-bond donors (Lipinski definition) is 0. The molecule has 12 heavy (non-hydrogen) atoms. The van der Waals surface area contributed by atoms with Crippen LogP contribution in [0.2, 0.25) is 0 Å². The highest BCUT2D eigenvalue weighted by Crippen LogP contribution is 2.68. The van der Waals surface area contributed by atoms with Crippen LogP contribution in [0.4, 0.5) is 0 Å². The maximum absolute atomic E-state index is 8.64. The minimum absolute atomic E-state index is 0.592. The second kappa shape index (κ2) is 2.25. The molecule has 2 fully saturated rings. The molecule has 0 saturated heterocycles. The molecule has 0 N–H and O–H groups in total. The Hall–Kier alpha value is -0.510. The van der Waals surface area contributed by atoms with Crippen molar-refractivity contribution in [1.82, 2.24) is 0 Å². The molecule has 2 aliphatic rings. The van der Waals surface area contributed by atoms with Crippen molar-refractivity contribution in [3.63, 3.8) is 0 Å². The maximum Gasteiger partial charge on any atom is 0.0624 e. The van der Waals surface area contributed by atoms with Crippen molar-refractivity contribution in [3.05, 3.63) is 0 Å². The summed E-state index contributed by atoms with van der Waals surface area (Å²) in [6, 6.07) is 2.31. The lowest BCUT2D eigenvalue weighted by Crippen LogP contribution is -2.42. The normalized spacial score (nSPS) is 50.9. The molecule has 0 amide bonds. The molecule has 0 spiro atoms. The highest BCUT2D eigenvalue weighted by Gasteiger charge is 2.58. The molecule has 2 aliphatic carbocycles. The van der Waals surface area contributed by atoms with Crippen molar-refractivity contribution in [2.24, 2.45) is 16.7 Å². The molecule has 0 heterocycles. The van der Waals surface area contributed by atoms with Crippen molar-refractivity contribution in [2.75, 3.05) is 0 Å². The van der Waals surface area contributed by atoms with Crippen molar-refractivity contribution >= 4 is 0 Å². The standard InChI is InChI=1S/C11H17N/c1-10-4-5-11(10,2)8-9(7-10)3-6-12/h9H,3-5,7-8H2,1-2H3/t9-,10+,11-. The molecule has 2 saturated carbocycles. The molecule has 0 aliphatic heterocycles. The average Bonchev–Trinajstić information content (AvgIpc) is 2.15. The summed E-state index contributed by atoms with van der Waals surface area (Å²) in [5.41, 5.74) is 1.18. The van der Waals surface area contributed by atoms with E-state index in [-0.39, 0.29) is 0 Å².